The minimum absolute atomic E-state index is 0.0349. The average Bonchev–Trinajstić information content (AvgIpc) is 3.09. The fraction of sp³-hybridized carbons (Fsp3) is 0.579. The smallest absolute Gasteiger partial charge is 0.313 e. The van der Waals surface area contributed by atoms with Crippen LogP contribution in [0.1, 0.15) is 36.6 Å². The van der Waals surface area contributed by atoms with Gasteiger partial charge < -0.3 is 4.74 Å². The van der Waals surface area contributed by atoms with Crippen molar-refractivity contribution in [1.82, 2.24) is 25.1 Å². The molecule has 0 aliphatic carbocycles. The Kier molecular flexibility index (Phi) is 4.97. The number of hydrogen-bond donors (Lipinski definition) is 0. The van der Waals surface area contributed by atoms with Crippen LogP contribution in [0.25, 0.3) is 0 Å². The highest BCUT2D eigenvalue weighted by Gasteiger charge is 2.37. The molecule has 1 aromatic heterocycles. The number of ether oxygens (including phenoxy) is 1. The molecule has 138 valence electrons. The summed E-state index contributed by atoms with van der Waals surface area (Å²) in [6, 6.07) is 9.89. The fourth-order valence-electron chi connectivity index (χ4n) is 4.11. The van der Waals surface area contributed by atoms with Crippen LogP contribution in [0.5, 0.6) is 0 Å². The molecule has 2 aromatic rings. The van der Waals surface area contributed by atoms with Gasteiger partial charge in [0.2, 0.25) is 0 Å². The number of aromatic nitrogens is 4. The number of nitrogens with zero attached hydrogens (tertiary/aromatic N) is 5. The van der Waals surface area contributed by atoms with E-state index in [-0.39, 0.29) is 18.0 Å². The zero-order valence-electron chi connectivity index (χ0n) is 15.1. The zero-order chi connectivity index (χ0) is 17.9. The second kappa shape index (κ2) is 7.53. The van der Waals surface area contributed by atoms with Gasteiger partial charge in [0, 0.05) is 20.0 Å². The summed E-state index contributed by atoms with van der Waals surface area (Å²) in [4.78, 5) is 15.4. The third-order valence-electron chi connectivity index (χ3n) is 5.71. The molecular formula is C19H25N5O2. The normalized spacial score (nSPS) is 25.8. The number of carbonyl (C=O) groups is 1. The lowest BCUT2D eigenvalue weighted by atomic mass is 9.85. The summed E-state index contributed by atoms with van der Waals surface area (Å²) in [5.74, 6) is 0.887. The zero-order valence-corrected chi connectivity index (χ0v) is 15.1. The van der Waals surface area contributed by atoms with Crippen LogP contribution in [-0.4, -0.2) is 56.8 Å². The first-order valence-corrected chi connectivity index (χ1v) is 9.39. The van der Waals surface area contributed by atoms with Gasteiger partial charge >= 0.3 is 5.97 Å². The molecular weight excluding hydrogens is 330 g/mol. The summed E-state index contributed by atoms with van der Waals surface area (Å²) in [7, 11) is 1.82. The molecule has 0 N–H and O–H groups in total. The van der Waals surface area contributed by atoms with E-state index in [9.17, 15) is 4.79 Å². The molecule has 3 aliphatic heterocycles. The maximum Gasteiger partial charge on any atom is 0.313 e. The highest BCUT2D eigenvalue weighted by molar-refractivity contribution is 5.78. The van der Waals surface area contributed by atoms with E-state index in [4.69, 9.17) is 4.74 Å². The van der Waals surface area contributed by atoms with Gasteiger partial charge in [-0.25, -0.2) is 4.68 Å². The number of hydrogen-bond acceptors (Lipinski definition) is 6. The van der Waals surface area contributed by atoms with E-state index in [2.05, 4.69) is 20.4 Å². The largest absolute Gasteiger partial charge is 0.460 e. The van der Waals surface area contributed by atoms with Crippen LogP contribution in [0.3, 0.4) is 0 Å². The number of esters is 1. The molecule has 26 heavy (non-hydrogen) atoms. The summed E-state index contributed by atoms with van der Waals surface area (Å²) >= 11 is 0. The first-order valence-electron chi connectivity index (χ1n) is 9.39. The first-order chi connectivity index (χ1) is 12.7. The molecule has 4 heterocycles. The Balaban J connectivity index is 1.47. The Morgan fingerprint density at radius 2 is 2.04 bits per heavy atom. The Bertz CT molecular complexity index is 739. The Morgan fingerprint density at radius 1 is 1.27 bits per heavy atom. The molecule has 2 bridgehead atoms. The molecule has 5 rings (SSSR count). The number of aryl methyl sites for hydroxylation is 2. The predicted molar refractivity (Wildman–Crippen MR) is 95.3 cm³/mol. The van der Waals surface area contributed by atoms with Crippen molar-refractivity contribution < 1.29 is 9.53 Å². The summed E-state index contributed by atoms with van der Waals surface area (Å²) in [5, 5.41) is 11.6. The summed E-state index contributed by atoms with van der Waals surface area (Å²) in [6.45, 7) is 3.16. The molecule has 3 fully saturated rings. The summed E-state index contributed by atoms with van der Waals surface area (Å²) < 4.78 is 7.66. The van der Waals surface area contributed by atoms with Crippen molar-refractivity contribution >= 4 is 5.97 Å². The Labute approximate surface area is 153 Å². The number of fused-ring (bicyclic) bond motifs is 3. The number of benzene rings is 1. The maximum atomic E-state index is 13.0. The Morgan fingerprint density at radius 3 is 2.65 bits per heavy atom. The summed E-state index contributed by atoms with van der Waals surface area (Å²) in [5.41, 5.74) is 0.994. The number of carbonyl (C=O) groups excluding carboxylic acids is 1. The third-order valence-corrected chi connectivity index (χ3v) is 5.71. The first kappa shape index (κ1) is 17.1. The van der Waals surface area contributed by atoms with Gasteiger partial charge in [0.25, 0.3) is 0 Å². The van der Waals surface area contributed by atoms with Crippen molar-refractivity contribution in [3.63, 3.8) is 0 Å². The number of rotatable bonds is 6. The minimum Gasteiger partial charge on any atom is -0.460 e. The van der Waals surface area contributed by atoms with Crippen molar-refractivity contribution in [2.45, 2.75) is 37.7 Å². The highest BCUT2D eigenvalue weighted by Crippen LogP contribution is 2.32. The lowest BCUT2D eigenvalue weighted by Gasteiger charge is -2.44. The van der Waals surface area contributed by atoms with Crippen molar-refractivity contribution in [3.8, 4) is 0 Å². The van der Waals surface area contributed by atoms with Crippen molar-refractivity contribution in [2.24, 2.45) is 13.0 Å². The van der Waals surface area contributed by atoms with Crippen molar-refractivity contribution in [1.29, 1.82) is 0 Å². The van der Waals surface area contributed by atoms with Crippen LogP contribution >= 0.6 is 0 Å². The van der Waals surface area contributed by atoms with Crippen LogP contribution in [0.2, 0.25) is 0 Å². The van der Waals surface area contributed by atoms with E-state index in [1.807, 2.05) is 37.4 Å². The van der Waals surface area contributed by atoms with Gasteiger partial charge in [-0.1, -0.05) is 30.3 Å². The van der Waals surface area contributed by atoms with E-state index in [1.54, 1.807) is 4.68 Å². The van der Waals surface area contributed by atoms with Gasteiger partial charge in [0.05, 0.1) is 5.92 Å². The topological polar surface area (TPSA) is 73.1 Å². The molecule has 7 heteroatoms. The van der Waals surface area contributed by atoms with Gasteiger partial charge in [0.15, 0.2) is 5.82 Å². The maximum absolute atomic E-state index is 13.0. The van der Waals surface area contributed by atoms with Gasteiger partial charge in [-0.3, -0.25) is 9.69 Å². The summed E-state index contributed by atoms with van der Waals surface area (Å²) in [6.07, 6.45) is 3.58. The monoisotopic (exact) mass is 355 g/mol. The molecule has 1 unspecified atom stereocenters. The molecule has 0 spiro atoms. The lowest BCUT2D eigenvalue weighted by molar-refractivity contribution is -0.160. The molecule has 1 aromatic carbocycles. The standard InChI is InChI=1S/C19H25N5O2/c1-23-18(20-21-22-23)8-7-16(14-5-3-2-4-6-14)19(25)26-17-13-24-11-9-15(17)10-12-24/h2-6,15-17H,7-13H2,1H3/t16?,17-/m0/s1. The van der Waals surface area contributed by atoms with Gasteiger partial charge in [-0.15, -0.1) is 5.10 Å². The SMILES string of the molecule is Cn1nnnc1CCC(C(=O)O[C@H]1CN2CCC1CC2)c1ccccc1. The van der Waals surface area contributed by atoms with E-state index >= 15 is 0 Å². The molecule has 3 saturated heterocycles. The third kappa shape index (κ3) is 3.62. The number of tetrazole rings is 1. The van der Waals surface area contributed by atoms with E-state index in [0.717, 1.165) is 43.9 Å². The van der Waals surface area contributed by atoms with E-state index < -0.39 is 0 Å². The van der Waals surface area contributed by atoms with Gasteiger partial charge in [0.1, 0.15) is 6.10 Å². The van der Waals surface area contributed by atoms with Gasteiger partial charge in [-0.2, -0.15) is 0 Å². The van der Waals surface area contributed by atoms with Crippen LogP contribution in [0.4, 0.5) is 0 Å². The minimum atomic E-state index is -0.289. The van der Waals surface area contributed by atoms with E-state index in [1.165, 1.54) is 0 Å². The number of piperidine rings is 3. The molecule has 3 aliphatic rings. The predicted octanol–water partition coefficient (Wildman–Crippen LogP) is 1.56. The second-order valence-corrected chi connectivity index (χ2v) is 7.33. The Hall–Kier alpha value is -2.28. The van der Waals surface area contributed by atoms with Crippen molar-refractivity contribution in [3.05, 3.63) is 41.7 Å². The van der Waals surface area contributed by atoms with Crippen LogP contribution in [0, 0.1) is 5.92 Å². The van der Waals surface area contributed by atoms with Crippen LogP contribution in [-0.2, 0) is 23.0 Å². The van der Waals surface area contributed by atoms with Crippen LogP contribution < -0.4 is 0 Å². The van der Waals surface area contributed by atoms with Crippen LogP contribution in [0.15, 0.2) is 30.3 Å². The molecule has 2 atom stereocenters. The molecule has 0 saturated carbocycles. The van der Waals surface area contributed by atoms with E-state index in [0.29, 0.717) is 18.8 Å². The van der Waals surface area contributed by atoms with Crippen molar-refractivity contribution in [2.75, 3.05) is 19.6 Å². The molecule has 0 radical (unpaired) electrons. The van der Waals surface area contributed by atoms with Gasteiger partial charge in [-0.05, 0) is 54.3 Å². The quantitative estimate of drug-likeness (QED) is 0.732. The second-order valence-electron chi connectivity index (χ2n) is 7.33. The highest BCUT2D eigenvalue weighted by atomic mass is 16.5. The lowest BCUT2D eigenvalue weighted by Crippen LogP contribution is -2.52. The molecule has 7 nitrogen and oxygen atoms in total. The average molecular weight is 355 g/mol. The fourth-order valence-corrected chi connectivity index (χ4v) is 4.11. The molecule has 0 amide bonds.